The van der Waals surface area contributed by atoms with Crippen LogP contribution in [-0.4, -0.2) is 18.2 Å². The Morgan fingerprint density at radius 2 is 2.13 bits per heavy atom. The van der Waals surface area contributed by atoms with Crippen molar-refractivity contribution in [3.63, 3.8) is 0 Å². The molecule has 0 aliphatic carbocycles. The molecule has 23 heavy (non-hydrogen) atoms. The zero-order valence-corrected chi connectivity index (χ0v) is 14.4. The highest BCUT2D eigenvalue weighted by Crippen LogP contribution is 2.30. The Kier molecular flexibility index (Phi) is 6.19. The van der Waals surface area contributed by atoms with Gasteiger partial charge in [-0.25, -0.2) is 4.98 Å². The molecular weight excluding hydrogens is 308 g/mol. The van der Waals surface area contributed by atoms with Gasteiger partial charge in [-0.1, -0.05) is 13.0 Å². The summed E-state index contributed by atoms with van der Waals surface area (Å²) < 4.78 is 11.3. The molecule has 0 saturated heterocycles. The summed E-state index contributed by atoms with van der Waals surface area (Å²) in [6.07, 6.45) is 2.76. The number of nitrogens with zero attached hydrogens (tertiary/aromatic N) is 2. The van der Waals surface area contributed by atoms with Gasteiger partial charge in [-0.05, 0) is 44.0 Å². The van der Waals surface area contributed by atoms with Crippen LogP contribution in [0.2, 0.25) is 0 Å². The minimum atomic E-state index is 0.549. The van der Waals surface area contributed by atoms with Gasteiger partial charge in [0, 0.05) is 11.1 Å². The van der Waals surface area contributed by atoms with Crippen LogP contribution in [0, 0.1) is 18.3 Å². The molecular formula is C18H20N2O2S. The van der Waals surface area contributed by atoms with Gasteiger partial charge < -0.3 is 9.47 Å². The van der Waals surface area contributed by atoms with Gasteiger partial charge in [0.1, 0.15) is 11.1 Å². The summed E-state index contributed by atoms with van der Waals surface area (Å²) in [5, 5.41) is 12.1. The summed E-state index contributed by atoms with van der Waals surface area (Å²) in [7, 11) is 0. The average Bonchev–Trinajstić information content (AvgIpc) is 2.98. The Hall–Kier alpha value is -2.32. The van der Waals surface area contributed by atoms with E-state index in [4.69, 9.17) is 9.47 Å². The van der Waals surface area contributed by atoms with Crippen LogP contribution >= 0.6 is 11.3 Å². The minimum Gasteiger partial charge on any atom is -0.490 e. The lowest BCUT2D eigenvalue weighted by atomic mass is 10.1. The van der Waals surface area contributed by atoms with Gasteiger partial charge in [-0.3, -0.25) is 0 Å². The maximum atomic E-state index is 9.39. The second-order valence-corrected chi connectivity index (χ2v) is 5.81. The van der Waals surface area contributed by atoms with Crippen molar-refractivity contribution >= 4 is 23.0 Å². The van der Waals surface area contributed by atoms with Gasteiger partial charge in [-0.15, -0.1) is 11.3 Å². The zero-order valence-electron chi connectivity index (χ0n) is 13.6. The van der Waals surface area contributed by atoms with E-state index in [0.29, 0.717) is 24.5 Å². The van der Waals surface area contributed by atoms with E-state index in [1.807, 2.05) is 43.5 Å². The Morgan fingerprint density at radius 3 is 2.74 bits per heavy atom. The third kappa shape index (κ3) is 4.57. The van der Waals surface area contributed by atoms with Crippen LogP contribution < -0.4 is 9.47 Å². The highest BCUT2D eigenvalue weighted by Gasteiger charge is 2.09. The van der Waals surface area contributed by atoms with Crippen LogP contribution in [0.15, 0.2) is 23.6 Å². The Morgan fingerprint density at radius 1 is 1.30 bits per heavy atom. The molecule has 1 heterocycles. The van der Waals surface area contributed by atoms with Crippen LogP contribution in [0.4, 0.5) is 0 Å². The average molecular weight is 328 g/mol. The molecule has 120 valence electrons. The third-order valence-electron chi connectivity index (χ3n) is 3.01. The lowest BCUT2D eigenvalue weighted by Gasteiger charge is -2.12. The molecule has 0 aliphatic rings. The van der Waals surface area contributed by atoms with Crippen molar-refractivity contribution < 1.29 is 9.47 Å². The Balaban J connectivity index is 2.33. The van der Waals surface area contributed by atoms with Crippen LogP contribution in [0.3, 0.4) is 0 Å². The molecule has 0 saturated carbocycles. The van der Waals surface area contributed by atoms with E-state index >= 15 is 0 Å². The van der Waals surface area contributed by atoms with Crippen LogP contribution in [0.25, 0.3) is 11.6 Å². The molecule has 1 aromatic carbocycles. The minimum absolute atomic E-state index is 0.549. The summed E-state index contributed by atoms with van der Waals surface area (Å²) in [4.78, 5) is 4.37. The van der Waals surface area contributed by atoms with Crippen molar-refractivity contribution in [3.8, 4) is 17.6 Å². The number of allylic oxidation sites excluding steroid dienone is 1. The van der Waals surface area contributed by atoms with Crippen LogP contribution in [0.5, 0.6) is 11.5 Å². The number of aryl methyl sites for hydroxylation is 1. The number of ether oxygens (including phenoxy) is 2. The molecule has 4 nitrogen and oxygen atoms in total. The van der Waals surface area contributed by atoms with Crippen molar-refractivity contribution in [2.24, 2.45) is 0 Å². The van der Waals surface area contributed by atoms with Crippen molar-refractivity contribution in [2.45, 2.75) is 27.2 Å². The van der Waals surface area contributed by atoms with Gasteiger partial charge in [0.05, 0.1) is 18.8 Å². The van der Waals surface area contributed by atoms with Crippen LogP contribution in [-0.2, 0) is 0 Å². The number of aromatic nitrogens is 1. The van der Waals surface area contributed by atoms with Crippen LogP contribution in [0.1, 0.15) is 36.5 Å². The second kappa shape index (κ2) is 8.35. The number of hydrogen-bond acceptors (Lipinski definition) is 5. The molecule has 0 spiro atoms. The predicted molar refractivity (Wildman–Crippen MR) is 93.7 cm³/mol. The van der Waals surface area contributed by atoms with E-state index in [9.17, 15) is 5.26 Å². The number of nitriles is 1. The summed E-state index contributed by atoms with van der Waals surface area (Å²) >= 11 is 1.47. The fourth-order valence-electron chi connectivity index (χ4n) is 2.00. The molecule has 0 amide bonds. The first kappa shape index (κ1) is 17.0. The highest BCUT2D eigenvalue weighted by atomic mass is 32.1. The summed E-state index contributed by atoms with van der Waals surface area (Å²) in [6, 6.07) is 7.92. The number of hydrogen-bond donors (Lipinski definition) is 0. The van der Waals surface area contributed by atoms with Crippen molar-refractivity contribution in [2.75, 3.05) is 13.2 Å². The van der Waals surface area contributed by atoms with Gasteiger partial charge in [0.2, 0.25) is 0 Å². The summed E-state index contributed by atoms with van der Waals surface area (Å²) in [6.45, 7) is 7.13. The van der Waals surface area contributed by atoms with E-state index in [-0.39, 0.29) is 0 Å². The molecule has 0 aliphatic heterocycles. The maximum absolute atomic E-state index is 9.39. The first-order chi connectivity index (χ1) is 11.2. The molecule has 5 heteroatoms. The lowest BCUT2D eigenvalue weighted by molar-refractivity contribution is 0.277. The van der Waals surface area contributed by atoms with Crippen molar-refractivity contribution in [3.05, 3.63) is 39.8 Å². The van der Waals surface area contributed by atoms with Gasteiger partial charge in [0.15, 0.2) is 11.5 Å². The van der Waals surface area contributed by atoms with E-state index in [2.05, 4.69) is 18.0 Å². The molecule has 0 bridgehead atoms. The Bertz CT molecular complexity index is 729. The number of thiazole rings is 1. The number of benzene rings is 1. The van der Waals surface area contributed by atoms with Gasteiger partial charge >= 0.3 is 0 Å². The van der Waals surface area contributed by atoms with Crippen molar-refractivity contribution in [1.82, 2.24) is 4.98 Å². The fraction of sp³-hybridized carbons (Fsp3) is 0.333. The quantitative estimate of drug-likeness (QED) is 0.691. The molecule has 0 unspecified atom stereocenters. The SMILES string of the molecule is CCCOc1ccc(/C=C(/C#N)c2nc(C)cs2)cc1OCC. The third-order valence-corrected chi connectivity index (χ3v) is 4.00. The Labute approximate surface area is 141 Å². The standard InChI is InChI=1S/C18H20N2O2S/c1-4-8-22-16-7-6-14(10-17(16)21-5-2)9-15(11-19)18-20-13(3)12-23-18/h6-7,9-10,12H,4-5,8H2,1-3H3/b15-9-. The molecule has 0 radical (unpaired) electrons. The van der Waals surface area contributed by atoms with Gasteiger partial charge in [-0.2, -0.15) is 5.26 Å². The summed E-state index contributed by atoms with van der Waals surface area (Å²) in [5.74, 6) is 1.43. The molecule has 0 fully saturated rings. The van der Waals surface area contributed by atoms with E-state index in [1.54, 1.807) is 0 Å². The van der Waals surface area contributed by atoms with E-state index < -0.39 is 0 Å². The van der Waals surface area contributed by atoms with Crippen molar-refractivity contribution in [1.29, 1.82) is 5.26 Å². The maximum Gasteiger partial charge on any atom is 0.161 e. The summed E-state index contributed by atoms with van der Waals surface area (Å²) in [5.41, 5.74) is 2.36. The zero-order chi connectivity index (χ0) is 16.7. The predicted octanol–water partition coefficient (Wildman–Crippen LogP) is 4.70. The molecule has 0 N–H and O–H groups in total. The second-order valence-electron chi connectivity index (χ2n) is 4.95. The smallest absolute Gasteiger partial charge is 0.161 e. The topological polar surface area (TPSA) is 55.1 Å². The normalized spacial score (nSPS) is 11.1. The molecule has 2 rings (SSSR count). The van der Waals surface area contributed by atoms with E-state index in [0.717, 1.165) is 28.4 Å². The number of rotatable bonds is 7. The first-order valence-corrected chi connectivity index (χ1v) is 8.49. The monoisotopic (exact) mass is 328 g/mol. The molecule has 0 atom stereocenters. The van der Waals surface area contributed by atoms with E-state index in [1.165, 1.54) is 11.3 Å². The largest absolute Gasteiger partial charge is 0.490 e. The molecule has 1 aromatic heterocycles. The van der Waals surface area contributed by atoms with Gasteiger partial charge in [0.25, 0.3) is 0 Å². The molecule has 2 aromatic rings. The first-order valence-electron chi connectivity index (χ1n) is 7.61. The lowest BCUT2D eigenvalue weighted by Crippen LogP contribution is -2.00. The fourth-order valence-corrected chi connectivity index (χ4v) is 2.76. The highest BCUT2D eigenvalue weighted by molar-refractivity contribution is 7.11.